The zero-order valence-corrected chi connectivity index (χ0v) is 26.0. The molecule has 0 atom stereocenters. The minimum atomic E-state index is -0.171. The lowest BCUT2D eigenvalue weighted by atomic mass is 9.90. The quantitative estimate of drug-likeness (QED) is 0.218. The summed E-state index contributed by atoms with van der Waals surface area (Å²) in [4.78, 5) is 36.3. The van der Waals surface area contributed by atoms with Crippen LogP contribution in [0.15, 0.2) is 84.5 Å². The molecule has 1 aliphatic carbocycles. The van der Waals surface area contributed by atoms with Crippen LogP contribution in [-0.4, -0.2) is 46.9 Å². The van der Waals surface area contributed by atoms with Gasteiger partial charge in [-0.05, 0) is 97.0 Å². The number of nitrogens with two attached hydrogens (primary N) is 1. The summed E-state index contributed by atoms with van der Waals surface area (Å²) in [5.74, 6) is -0.0805. The van der Waals surface area contributed by atoms with Crippen molar-refractivity contribution in [2.45, 2.75) is 70.0 Å². The van der Waals surface area contributed by atoms with Crippen LogP contribution < -0.4 is 16.0 Å². The van der Waals surface area contributed by atoms with Crippen LogP contribution in [0.2, 0.25) is 0 Å². The van der Waals surface area contributed by atoms with Gasteiger partial charge < -0.3 is 20.9 Å². The normalized spacial score (nSPS) is 18.8. The summed E-state index contributed by atoms with van der Waals surface area (Å²) in [6, 6.07) is 22.6. The standard InChI is InChI=1S/C36H41N5O2S/c37-30-13-15-31(16-14-30)41(36(43)34-11-7-21-44-34)25-26-8-5-9-27(22-26)28-12-17-33(40-19-3-1-2-4-20-40)32(23-28)39-35(42)29-10-6-18-38-24-29/h5-12,17-18,21-24,30-31H,1-4,13-16,19-20,25,37H2,(H,39,42). The van der Waals surface area contributed by atoms with Gasteiger partial charge in [0.2, 0.25) is 0 Å². The number of amides is 2. The second-order valence-corrected chi connectivity index (χ2v) is 13.0. The molecule has 2 amide bonds. The third-order valence-corrected chi connectivity index (χ3v) is 9.76. The molecule has 0 radical (unpaired) electrons. The van der Waals surface area contributed by atoms with E-state index in [-0.39, 0.29) is 23.9 Å². The lowest BCUT2D eigenvalue weighted by Gasteiger charge is -2.36. The highest BCUT2D eigenvalue weighted by atomic mass is 32.1. The van der Waals surface area contributed by atoms with Crippen molar-refractivity contribution in [2.75, 3.05) is 23.3 Å². The van der Waals surface area contributed by atoms with Gasteiger partial charge in [-0.3, -0.25) is 14.6 Å². The summed E-state index contributed by atoms with van der Waals surface area (Å²) >= 11 is 1.50. The Morgan fingerprint density at radius 2 is 1.70 bits per heavy atom. The fourth-order valence-electron chi connectivity index (χ4n) is 6.46. The average molecular weight is 608 g/mol. The predicted octanol–water partition coefficient (Wildman–Crippen LogP) is 7.36. The van der Waals surface area contributed by atoms with E-state index in [0.717, 1.165) is 84.6 Å². The summed E-state index contributed by atoms with van der Waals surface area (Å²) in [6.45, 7) is 2.50. The van der Waals surface area contributed by atoms with Gasteiger partial charge in [-0.1, -0.05) is 43.2 Å². The third kappa shape index (κ3) is 7.20. The number of hydrogen-bond acceptors (Lipinski definition) is 6. The summed E-state index contributed by atoms with van der Waals surface area (Å²) in [6.07, 6.45) is 11.8. The molecule has 1 saturated heterocycles. The van der Waals surface area contributed by atoms with E-state index in [1.807, 2.05) is 17.5 Å². The van der Waals surface area contributed by atoms with Crippen LogP contribution in [0.4, 0.5) is 11.4 Å². The first-order chi connectivity index (χ1) is 21.5. The van der Waals surface area contributed by atoms with Gasteiger partial charge >= 0.3 is 0 Å². The van der Waals surface area contributed by atoms with Gasteiger partial charge in [-0.25, -0.2) is 0 Å². The number of nitrogens with one attached hydrogen (secondary N) is 1. The molecule has 2 fully saturated rings. The molecule has 2 aromatic carbocycles. The molecule has 2 aliphatic rings. The van der Waals surface area contributed by atoms with Crippen LogP contribution in [0, 0.1) is 0 Å². The molecule has 4 aromatic rings. The van der Waals surface area contributed by atoms with Crippen LogP contribution in [0.25, 0.3) is 11.1 Å². The number of aromatic nitrogens is 1. The monoisotopic (exact) mass is 607 g/mol. The Morgan fingerprint density at radius 1 is 0.909 bits per heavy atom. The molecule has 6 rings (SSSR count). The molecule has 0 unspecified atom stereocenters. The molecule has 0 bridgehead atoms. The molecule has 228 valence electrons. The molecular weight excluding hydrogens is 566 g/mol. The van der Waals surface area contributed by atoms with Crippen molar-refractivity contribution in [3.05, 3.63) is 101 Å². The smallest absolute Gasteiger partial charge is 0.264 e. The number of carbonyl (C=O) groups is 2. The van der Waals surface area contributed by atoms with E-state index < -0.39 is 0 Å². The Bertz CT molecular complexity index is 1540. The number of nitrogens with zero attached hydrogens (tertiary/aromatic N) is 3. The van der Waals surface area contributed by atoms with Gasteiger partial charge in [0.15, 0.2) is 0 Å². The van der Waals surface area contributed by atoms with Crippen LogP contribution in [0.5, 0.6) is 0 Å². The van der Waals surface area contributed by atoms with Crippen molar-refractivity contribution < 1.29 is 9.59 Å². The van der Waals surface area contributed by atoms with E-state index in [9.17, 15) is 9.59 Å². The number of thiophene rings is 1. The van der Waals surface area contributed by atoms with Crippen molar-refractivity contribution in [3.8, 4) is 11.1 Å². The molecule has 8 heteroatoms. The number of benzene rings is 2. The predicted molar refractivity (Wildman–Crippen MR) is 179 cm³/mol. The third-order valence-electron chi connectivity index (χ3n) is 8.90. The average Bonchev–Trinajstić information content (AvgIpc) is 3.47. The van der Waals surface area contributed by atoms with Gasteiger partial charge in [0.1, 0.15) is 0 Å². The SMILES string of the molecule is NC1CCC(N(Cc2cccc(-c3ccc(N4CCCCCC4)c(NC(=O)c4cccnc4)c3)c2)C(=O)c2cccs2)CC1. The Morgan fingerprint density at radius 3 is 2.43 bits per heavy atom. The highest BCUT2D eigenvalue weighted by Gasteiger charge is 2.29. The Kier molecular flexibility index (Phi) is 9.68. The van der Waals surface area contributed by atoms with E-state index in [1.54, 1.807) is 24.5 Å². The van der Waals surface area contributed by atoms with Crippen molar-refractivity contribution in [3.63, 3.8) is 0 Å². The van der Waals surface area contributed by atoms with E-state index in [4.69, 9.17) is 5.73 Å². The Balaban J connectivity index is 1.29. The van der Waals surface area contributed by atoms with E-state index >= 15 is 0 Å². The molecule has 3 N–H and O–H groups in total. The molecule has 3 heterocycles. The Hall–Kier alpha value is -4.01. The van der Waals surface area contributed by atoms with Crippen molar-refractivity contribution >= 4 is 34.5 Å². The molecule has 1 saturated carbocycles. The first-order valence-electron chi connectivity index (χ1n) is 15.8. The maximum absolute atomic E-state index is 13.7. The zero-order valence-electron chi connectivity index (χ0n) is 25.2. The Labute approximate surface area is 264 Å². The van der Waals surface area contributed by atoms with E-state index in [2.05, 4.69) is 62.6 Å². The number of anilines is 2. The highest BCUT2D eigenvalue weighted by molar-refractivity contribution is 7.12. The summed E-state index contributed by atoms with van der Waals surface area (Å²) in [7, 11) is 0. The lowest BCUT2D eigenvalue weighted by molar-refractivity contribution is 0.0611. The number of pyridine rings is 1. The summed E-state index contributed by atoms with van der Waals surface area (Å²) in [5, 5.41) is 5.16. The lowest BCUT2D eigenvalue weighted by Crippen LogP contribution is -2.43. The van der Waals surface area contributed by atoms with Crippen molar-refractivity contribution in [1.82, 2.24) is 9.88 Å². The molecule has 0 spiro atoms. The number of rotatable bonds is 8. The first-order valence-corrected chi connectivity index (χ1v) is 16.7. The van der Waals surface area contributed by atoms with Crippen molar-refractivity contribution in [1.29, 1.82) is 0 Å². The largest absolute Gasteiger partial charge is 0.370 e. The number of hydrogen-bond donors (Lipinski definition) is 2. The highest BCUT2D eigenvalue weighted by Crippen LogP contribution is 2.34. The van der Waals surface area contributed by atoms with Gasteiger partial charge in [-0.15, -0.1) is 11.3 Å². The maximum atomic E-state index is 13.7. The second-order valence-electron chi connectivity index (χ2n) is 12.0. The van der Waals surface area contributed by atoms with E-state index in [1.165, 1.54) is 24.2 Å². The number of carbonyl (C=O) groups excluding carboxylic acids is 2. The fourth-order valence-corrected chi connectivity index (χ4v) is 7.14. The molecular formula is C36H41N5O2S. The van der Waals surface area contributed by atoms with Crippen LogP contribution >= 0.6 is 11.3 Å². The van der Waals surface area contributed by atoms with Crippen LogP contribution in [0.3, 0.4) is 0 Å². The second kappa shape index (κ2) is 14.2. The van der Waals surface area contributed by atoms with Crippen molar-refractivity contribution in [2.24, 2.45) is 5.73 Å². The van der Waals surface area contributed by atoms with E-state index in [0.29, 0.717) is 12.1 Å². The molecule has 1 aliphatic heterocycles. The van der Waals surface area contributed by atoms with Gasteiger partial charge in [-0.2, -0.15) is 0 Å². The first kappa shape index (κ1) is 30.0. The maximum Gasteiger partial charge on any atom is 0.264 e. The molecule has 2 aromatic heterocycles. The van der Waals surface area contributed by atoms with Crippen LogP contribution in [0.1, 0.15) is 77.0 Å². The minimum absolute atomic E-state index is 0.0908. The summed E-state index contributed by atoms with van der Waals surface area (Å²) in [5.41, 5.74) is 11.7. The van der Waals surface area contributed by atoms with Gasteiger partial charge in [0, 0.05) is 44.1 Å². The van der Waals surface area contributed by atoms with Crippen LogP contribution in [-0.2, 0) is 6.54 Å². The topological polar surface area (TPSA) is 91.6 Å². The molecule has 44 heavy (non-hydrogen) atoms. The summed E-state index contributed by atoms with van der Waals surface area (Å²) < 4.78 is 0. The minimum Gasteiger partial charge on any atom is -0.370 e. The molecule has 7 nitrogen and oxygen atoms in total. The van der Waals surface area contributed by atoms with Gasteiger partial charge in [0.05, 0.1) is 21.8 Å². The fraction of sp³-hybridized carbons (Fsp3) is 0.361. The zero-order chi connectivity index (χ0) is 30.3. The van der Waals surface area contributed by atoms with Gasteiger partial charge in [0.25, 0.3) is 11.8 Å².